The highest BCUT2D eigenvalue weighted by molar-refractivity contribution is 9.10. The lowest BCUT2D eigenvalue weighted by molar-refractivity contribution is -0.118. The zero-order valence-electron chi connectivity index (χ0n) is 11.4. The van der Waals surface area contributed by atoms with E-state index < -0.39 is 0 Å². The van der Waals surface area contributed by atoms with Crippen LogP contribution in [0.1, 0.15) is 12.8 Å². The van der Waals surface area contributed by atoms with Gasteiger partial charge in [0, 0.05) is 31.0 Å². The summed E-state index contributed by atoms with van der Waals surface area (Å²) in [4.78, 5) is 16.3. The summed E-state index contributed by atoms with van der Waals surface area (Å²) >= 11 is 3.46. The van der Waals surface area contributed by atoms with Gasteiger partial charge in [-0.05, 0) is 37.1 Å². The van der Waals surface area contributed by atoms with Crippen molar-refractivity contribution in [3.63, 3.8) is 0 Å². The van der Waals surface area contributed by atoms with Gasteiger partial charge >= 0.3 is 0 Å². The second-order valence-electron chi connectivity index (χ2n) is 5.22. The lowest BCUT2D eigenvalue weighted by atomic mass is 10.1. The van der Waals surface area contributed by atoms with Gasteiger partial charge in [-0.25, -0.2) is 0 Å². The number of piperidine rings is 1. The molecule has 1 amide bonds. The number of morpholine rings is 1. The van der Waals surface area contributed by atoms with Gasteiger partial charge in [-0.1, -0.05) is 15.9 Å². The first-order valence-corrected chi connectivity index (χ1v) is 8.05. The largest absolute Gasteiger partial charge is 0.378 e. The molecule has 3 rings (SSSR count). The second kappa shape index (κ2) is 6.14. The number of anilines is 2. The van der Waals surface area contributed by atoms with E-state index in [2.05, 4.69) is 33.0 Å². The van der Waals surface area contributed by atoms with E-state index in [4.69, 9.17) is 4.74 Å². The molecular formula is C15H19BrN2O2. The third-order valence-electron chi connectivity index (χ3n) is 3.91. The molecule has 0 aliphatic carbocycles. The van der Waals surface area contributed by atoms with Crippen LogP contribution in [0.3, 0.4) is 0 Å². The molecule has 0 spiro atoms. The summed E-state index contributed by atoms with van der Waals surface area (Å²) in [5.41, 5.74) is 2.20. The van der Waals surface area contributed by atoms with Crippen molar-refractivity contribution < 1.29 is 9.53 Å². The molecule has 2 fully saturated rings. The maximum Gasteiger partial charge on any atom is 0.240 e. The van der Waals surface area contributed by atoms with Crippen molar-refractivity contribution in [1.82, 2.24) is 0 Å². The molecule has 0 radical (unpaired) electrons. The fourth-order valence-electron chi connectivity index (χ4n) is 2.75. The maximum absolute atomic E-state index is 12.2. The zero-order chi connectivity index (χ0) is 13.9. The Balaban J connectivity index is 1.73. The summed E-state index contributed by atoms with van der Waals surface area (Å²) in [6.07, 6.45) is 1.98. The summed E-state index contributed by atoms with van der Waals surface area (Å²) in [6, 6.07) is 8.30. The monoisotopic (exact) mass is 338 g/mol. The number of carbonyl (C=O) groups excluding carboxylic acids is 1. The molecule has 1 aromatic rings. The number of carbonyl (C=O) groups is 1. The molecule has 0 N–H and O–H groups in total. The summed E-state index contributed by atoms with van der Waals surface area (Å²) in [6.45, 7) is 4.27. The number of hydrogen-bond acceptors (Lipinski definition) is 3. The van der Waals surface area contributed by atoms with Gasteiger partial charge in [0.1, 0.15) is 0 Å². The highest BCUT2D eigenvalue weighted by atomic mass is 79.9. The van der Waals surface area contributed by atoms with Crippen LogP contribution in [0.25, 0.3) is 0 Å². The van der Waals surface area contributed by atoms with Crippen molar-refractivity contribution in [1.29, 1.82) is 0 Å². The minimum atomic E-state index is -0.0323. The van der Waals surface area contributed by atoms with Crippen LogP contribution in [-0.4, -0.2) is 43.6 Å². The van der Waals surface area contributed by atoms with Gasteiger partial charge in [0.15, 0.2) is 0 Å². The molecule has 108 valence electrons. The summed E-state index contributed by atoms with van der Waals surface area (Å²) in [7, 11) is 0. The Bertz CT molecular complexity index is 471. The SMILES string of the molecule is O=C1C(Br)CCCN1c1ccc(N2CCOCC2)cc1. The molecule has 0 aromatic heterocycles. The minimum Gasteiger partial charge on any atom is -0.378 e. The smallest absolute Gasteiger partial charge is 0.240 e. The van der Waals surface area contributed by atoms with E-state index in [-0.39, 0.29) is 10.7 Å². The van der Waals surface area contributed by atoms with Crippen molar-refractivity contribution in [3.8, 4) is 0 Å². The molecular weight excluding hydrogens is 320 g/mol. The number of alkyl halides is 1. The Labute approximate surface area is 127 Å². The quantitative estimate of drug-likeness (QED) is 0.776. The van der Waals surface area contributed by atoms with Gasteiger partial charge < -0.3 is 14.5 Å². The van der Waals surface area contributed by atoms with E-state index in [1.807, 2.05) is 17.0 Å². The van der Waals surface area contributed by atoms with Crippen molar-refractivity contribution in [3.05, 3.63) is 24.3 Å². The standard InChI is InChI=1S/C15H19BrN2O2/c16-14-2-1-7-18(15(14)19)13-5-3-12(4-6-13)17-8-10-20-11-9-17/h3-6,14H,1-2,7-11H2. The van der Waals surface area contributed by atoms with Crippen LogP contribution < -0.4 is 9.80 Å². The van der Waals surface area contributed by atoms with E-state index in [9.17, 15) is 4.79 Å². The number of amides is 1. The number of nitrogens with zero attached hydrogens (tertiary/aromatic N) is 2. The van der Waals surface area contributed by atoms with E-state index in [1.54, 1.807) is 0 Å². The van der Waals surface area contributed by atoms with Crippen molar-refractivity contribution >= 4 is 33.2 Å². The minimum absolute atomic E-state index is 0.0323. The number of hydrogen-bond donors (Lipinski definition) is 0. The number of ether oxygens (including phenoxy) is 1. The van der Waals surface area contributed by atoms with Crippen LogP contribution in [0.4, 0.5) is 11.4 Å². The zero-order valence-corrected chi connectivity index (χ0v) is 13.0. The average molecular weight is 339 g/mol. The average Bonchev–Trinajstić information content (AvgIpc) is 2.51. The van der Waals surface area contributed by atoms with E-state index in [0.717, 1.165) is 51.4 Å². The molecule has 5 heteroatoms. The van der Waals surface area contributed by atoms with Crippen LogP contribution >= 0.6 is 15.9 Å². The fourth-order valence-corrected chi connectivity index (χ4v) is 3.32. The van der Waals surface area contributed by atoms with Crippen molar-refractivity contribution in [2.75, 3.05) is 42.6 Å². The Hall–Kier alpha value is -1.07. The molecule has 2 aliphatic rings. The number of halogens is 1. The molecule has 0 saturated carbocycles. The first-order valence-electron chi connectivity index (χ1n) is 7.14. The molecule has 2 saturated heterocycles. The third-order valence-corrected chi connectivity index (χ3v) is 4.76. The highest BCUT2D eigenvalue weighted by Crippen LogP contribution is 2.27. The Morgan fingerprint density at radius 1 is 1.05 bits per heavy atom. The van der Waals surface area contributed by atoms with Crippen LogP contribution in [0.2, 0.25) is 0 Å². The molecule has 2 heterocycles. The van der Waals surface area contributed by atoms with Gasteiger partial charge in [0.2, 0.25) is 5.91 Å². The maximum atomic E-state index is 12.2. The van der Waals surface area contributed by atoms with Gasteiger partial charge in [-0.15, -0.1) is 0 Å². The molecule has 4 nitrogen and oxygen atoms in total. The summed E-state index contributed by atoms with van der Waals surface area (Å²) in [5, 5.41) is 0. The molecule has 0 bridgehead atoms. The van der Waals surface area contributed by atoms with Crippen LogP contribution in [-0.2, 0) is 9.53 Å². The number of benzene rings is 1. The predicted molar refractivity (Wildman–Crippen MR) is 83.8 cm³/mol. The summed E-state index contributed by atoms with van der Waals surface area (Å²) < 4.78 is 5.37. The van der Waals surface area contributed by atoms with E-state index in [0.29, 0.717) is 0 Å². The lowest BCUT2D eigenvalue weighted by Crippen LogP contribution is -2.41. The number of rotatable bonds is 2. The van der Waals surface area contributed by atoms with Gasteiger partial charge in [-0.2, -0.15) is 0 Å². The molecule has 1 unspecified atom stereocenters. The van der Waals surface area contributed by atoms with Crippen LogP contribution in [0.15, 0.2) is 24.3 Å². The normalized spacial score (nSPS) is 24.1. The first kappa shape index (κ1) is 13.9. The fraction of sp³-hybridized carbons (Fsp3) is 0.533. The van der Waals surface area contributed by atoms with Crippen molar-refractivity contribution in [2.24, 2.45) is 0 Å². The Kier molecular flexibility index (Phi) is 4.27. The molecule has 20 heavy (non-hydrogen) atoms. The second-order valence-corrected chi connectivity index (χ2v) is 6.32. The van der Waals surface area contributed by atoms with Gasteiger partial charge in [0.25, 0.3) is 0 Å². The third kappa shape index (κ3) is 2.83. The molecule has 2 aliphatic heterocycles. The predicted octanol–water partition coefficient (Wildman–Crippen LogP) is 2.41. The molecule has 1 aromatic carbocycles. The lowest BCUT2D eigenvalue weighted by Gasteiger charge is -2.31. The van der Waals surface area contributed by atoms with Gasteiger partial charge in [0.05, 0.1) is 18.0 Å². The van der Waals surface area contributed by atoms with E-state index >= 15 is 0 Å². The van der Waals surface area contributed by atoms with Crippen LogP contribution in [0, 0.1) is 0 Å². The van der Waals surface area contributed by atoms with Gasteiger partial charge in [-0.3, -0.25) is 4.79 Å². The Morgan fingerprint density at radius 2 is 1.70 bits per heavy atom. The van der Waals surface area contributed by atoms with Crippen molar-refractivity contribution in [2.45, 2.75) is 17.7 Å². The first-order chi connectivity index (χ1) is 9.75. The topological polar surface area (TPSA) is 32.8 Å². The van der Waals surface area contributed by atoms with E-state index in [1.165, 1.54) is 5.69 Å². The Morgan fingerprint density at radius 3 is 2.40 bits per heavy atom. The summed E-state index contributed by atoms with van der Waals surface area (Å²) in [5.74, 6) is 0.176. The highest BCUT2D eigenvalue weighted by Gasteiger charge is 2.27. The molecule has 1 atom stereocenters. The van der Waals surface area contributed by atoms with Crippen LogP contribution in [0.5, 0.6) is 0 Å².